The van der Waals surface area contributed by atoms with E-state index in [0.717, 1.165) is 29.5 Å². The number of rotatable bonds is 2. The molecule has 0 atom stereocenters. The third kappa shape index (κ3) is 1.97. The third-order valence-electron chi connectivity index (χ3n) is 3.45. The highest BCUT2D eigenvalue weighted by atomic mass is 16.1. The van der Waals surface area contributed by atoms with Crippen LogP contribution in [-0.4, -0.2) is 5.78 Å². The van der Waals surface area contributed by atoms with Crippen molar-refractivity contribution in [1.29, 1.82) is 0 Å². The SMILES string of the molecule is Cc1cccc(C)c1C(=O)C1CCCC1. The minimum absolute atomic E-state index is 0.296. The van der Waals surface area contributed by atoms with E-state index in [-0.39, 0.29) is 0 Å². The van der Waals surface area contributed by atoms with Crippen LogP contribution in [0.4, 0.5) is 0 Å². The van der Waals surface area contributed by atoms with E-state index in [1.54, 1.807) is 0 Å². The van der Waals surface area contributed by atoms with Crippen LogP contribution in [0.1, 0.15) is 47.2 Å². The first-order valence-electron chi connectivity index (χ1n) is 5.80. The highest BCUT2D eigenvalue weighted by Gasteiger charge is 2.25. The van der Waals surface area contributed by atoms with Gasteiger partial charge in [0.2, 0.25) is 0 Å². The van der Waals surface area contributed by atoms with Crippen molar-refractivity contribution in [1.82, 2.24) is 0 Å². The van der Waals surface area contributed by atoms with Gasteiger partial charge in [0.05, 0.1) is 0 Å². The van der Waals surface area contributed by atoms with Crippen molar-refractivity contribution >= 4 is 5.78 Å². The number of hydrogen-bond donors (Lipinski definition) is 0. The predicted octanol–water partition coefficient (Wildman–Crippen LogP) is 3.68. The third-order valence-corrected chi connectivity index (χ3v) is 3.45. The van der Waals surface area contributed by atoms with Gasteiger partial charge in [-0.05, 0) is 37.8 Å². The normalized spacial score (nSPS) is 16.9. The first-order chi connectivity index (χ1) is 7.20. The maximum atomic E-state index is 12.3. The van der Waals surface area contributed by atoms with Crippen LogP contribution >= 0.6 is 0 Å². The molecule has 1 aliphatic carbocycles. The average Bonchev–Trinajstić information content (AvgIpc) is 2.69. The maximum Gasteiger partial charge on any atom is 0.166 e. The van der Waals surface area contributed by atoms with Crippen molar-refractivity contribution in [2.75, 3.05) is 0 Å². The molecule has 1 aromatic rings. The number of hydrogen-bond acceptors (Lipinski definition) is 1. The van der Waals surface area contributed by atoms with Crippen LogP contribution in [0.3, 0.4) is 0 Å². The van der Waals surface area contributed by atoms with E-state index in [2.05, 4.69) is 0 Å². The van der Waals surface area contributed by atoms with Crippen molar-refractivity contribution < 1.29 is 4.79 Å². The van der Waals surface area contributed by atoms with Crippen molar-refractivity contribution in [3.8, 4) is 0 Å². The van der Waals surface area contributed by atoms with Gasteiger partial charge in [-0.25, -0.2) is 0 Å². The summed E-state index contributed by atoms with van der Waals surface area (Å²) in [5, 5.41) is 0. The number of carbonyl (C=O) groups is 1. The van der Waals surface area contributed by atoms with Crippen LogP contribution in [-0.2, 0) is 0 Å². The summed E-state index contributed by atoms with van der Waals surface area (Å²) in [7, 11) is 0. The summed E-state index contributed by atoms with van der Waals surface area (Å²) in [6.07, 6.45) is 4.63. The van der Waals surface area contributed by atoms with E-state index in [4.69, 9.17) is 0 Å². The van der Waals surface area contributed by atoms with E-state index < -0.39 is 0 Å². The molecule has 0 spiro atoms. The first kappa shape index (κ1) is 10.4. The summed E-state index contributed by atoms with van der Waals surface area (Å²) < 4.78 is 0. The van der Waals surface area contributed by atoms with Crippen LogP contribution < -0.4 is 0 Å². The van der Waals surface area contributed by atoms with Gasteiger partial charge in [-0.3, -0.25) is 4.79 Å². The predicted molar refractivity (Wildman–Crippen MR) is 62.2 cm³/mol. The highest BCUT2D eigenvalue weighted by Crippen LogP contribution is 2.29. The van der Waals surface area contributed by atoms with Gasteiger partial charge in [0, 0.05) is 11.5 Å². The van der Waals surface area contributed by atoms with Crippen molar-refractivity contribution in [3.63, 3.8) is 0 Å². The van der Waals surface area contributed by atoms with E-state index >= 15 is 0 Å². The maximum absolute atomic E-state index is 12.3. The second-order valence-electron chi connectivity index (χ2n) is 4.61. The Labute approximate surface area is 91.5 Å². The second kappa shape index (κ2) is 4.18. The Morgan fingerprint density at radius 1 is 1.13 bits per heavy atom. The molecule has 0 aromatic heterocycles. The minimum atomic E-state index is 0.296. The zero-order valence-electron chi connectivity index (χ0n) is 9.55. The number of ketones is 1. The largest absolute Gasteiger partial charge is 0.294 e. The van der Waals surface area contributed by atoms with Gasteiger partial charge in [-0.1, -0.05) is 31.0 Å². The molecule has 1 nitrogen and oxygen atoms in total. The molecule has 0 N–H and O–H groups in total. The summed E-state index contributed by atoms with van der Waals surface area (Å²) in [5.74, 6) is 0.674. The molecule has 1 saturated carbocycles. The average molecular weight is 202 g/mol. The van der Waals surface area contributed by atoms with Crippen molar-refractivity contribution in [2.24, 2.45) is 5.92 Å². The van der Waals surface area contributed by atoms with E-state index in [1.165, 1.54) is 12.8 Å². The Balaban J connectivity index is 2.32. The number of aryl methyl sites for hydroxylation is 2. The molecule has 2 rings (SSSR count). The summed E-state index contributed by atoms with van der Waals surface area (Å²) in [6.45, 7) is 4.07. The highest BCUT2D eigenvalue weighted by molar-refractivity contribution is 6.00. The molecule has 80 valence electrons. The van der Waals surface area contributed by atoms with Gasteiger partial charge in [-0.15, -0.1) is 0 Å². The molecule has 0 unspecified atom stereocenters. The summed E-state index contributed by atoms with van der Waals surface area (Å²) in [4.78, 5) is 12.3. The minimum Gasteiger partial charge on any atom is -0.294 e. The topological polar surface area (TPSA) is 17.1 Å². The summed E-state index contributed by atoms with van der Waals surface area (Å²) in [6, 6.07) is 6.10. The Hall–Kier alpha value is -1.11. The molecule has 1 aliphatic rings. The van der Waals surface area contributed by atoms with Crippen molar-refractivity contribution in [2.45, 2.75) is 39.5 Å². The number of carbonyl (C=O) groups excluding carboxylic acids is 1. The first-order valence-corrected chi connectivity index (χ1v) is 5.80. The lowest BCUT2D eigenvalue weighted by molar-refractivity contribution is 0.0921. The molecule has 0 heterocycles. The molecule has 1 heteroatoms. The lowest BCUT2D eigenvalue weighted by Crippen LogP contribution is -2.13. The van der Waals surface area contributed by atoms with Crippen LogP contribution in [0, 0.1) is 19.8 Å². The molecule has 0 aliphatic heterocycles. The quantitative estimate of drug-likeness (QED) is 0.669. The molecule has 0 bridgehead atoms. The van der Waals surface area contributed by atoms with Gasteiger partial charge >= 0.3 is 0 Å². The molecular weight excluding hydrogens is 184 g/mol. The second-order valence-corrected chi connectivity index (χ2v) is 4.61. The molecular formula is C14H18O. The van der Waals surface area contributed by atoms with Gasteiger partial charge in [0.1, 0.15) is 0 Å². The number of Topliss-reactive ketones (excluding diaryl/α,β-unsaturated/α-hetero) is 1. The van der Waals surface area contributed by atoms with Gasteiger partial charge in [0.25, 0.3) is 0 Å². The fraction of sp³-hybridized carbons (Fsp3) is 0.500. The molecule has 0 radical (unpaired) electrons. The Kier molecular flexibility index (Phi) is 2.90. The molecule has 1 fully saturated rings. The van der Waals surface area contributed by atoms with Crippen LogP contribution in [0.15, 0.2) is 18.2 Å². The van der Waals surface area contributed by atoms with Crippen LogP contribution in [0.25, 0.3) is 0 Å². The lowest BCUT2D eigenvalue weighted by atomic mass is 9.90. The van der Waals surface area contributed by atoms with E-state index in [1.807, 2.05) is 32.0 Å². The van der Waals surface area contributed by atoms with Crippen LogP contribution in [0.2, 0.25) is 0 Å². The van der Waals surface area contributed by atoms with Crippen molar-refractivity contribution in [3.05, 3.63) is 34.9 Å². The molecule has 0 amide bonds. The zero-order valence-corrected chi connectivity index (χ0v) is 9.55. The van der Waals surface area contributed by atoms with Gasteiger partial charge in [0.15, 0.2) is 5.78 Å². The molecule has 1 aromatic carbocycles. The zero-order chi connectivity index (χ0) is 10.8. The van der Waals surface area contributed by atoms with Gasteiger partial charge < -0.3 is 0 Å². The molecule has 0 saturated heterocycles. The fourth-order valence-corrected chi connectivity index (χ4v) is 2.60. The van der Waals surface area contributed by atoms with Gasteiger partial charge in [-0.2, -0.15) is 0 Å². The molecule has 15 heavy (non-hydrogen) atoms. The lowest BCUT2D eigenvalue weighted by Gasteiger charge is -2.12. The summed E-state index contributed by atoms with van der Waals surface area (Å²) in [5.41, 5.74) is 3.24. The Bertz CT molecular complexity index is 353. The van der Waals surface area contributed by atoms with E-state index in [9.17, 15) is 4.79 Å². The Morgan fingerprint density at radius 3 is 2.20 bits per heavy atom. The summed E-state index contributed by atoms with van der Waals surface area (Å²) >= 11 is 0. The van der Waals surface area contributed by atoms with Crippen LogP contribution in [0.5, 0.6) is 0 Å². The standard InChI is InChI=1S/C14H18O/c1-10-6-5-7-11(2)13(10)14(15)12-8-3-4-9-12/h5-7,12H,3-4,8-9H2,1-2H3. The van der Waals surface area contributed by atoms with E-state index in [0.29, 0.717) is 11.7 Å². The smallest absolute Gasteiger partial charge is 0.166 e. The monoisotopic (exact) mass is 202 g/mol. The fourth-order valence-electron chi connectivity index (χ4n) is 2.60. The number of benzene rings is 1. The Morgan fingerprint density at radius 2 is 1.67 bits per heavy atom.